The van der Waals surface area contributed by atoms with Gasteiger partial charge in [-0.3, -0.25) is 15.8 Å². The molecule has 1 saturated carbocycles. The Kier molecular flexibility index (Phi) is 4.35. The summed E-state index contributed by atoms with van der Waals surface area (Å²) in [7, 11) is 0. The molecule has 10 heteroatoms. The van der Waals surface area contributed by atoms with Gasteiger partial charge in [-0.2, -0.15) is 10.5 Å². The normalized spacial score (nSPS) is 30.0. The van der Waals surface area contributed by atoms with Crippen molar-refractivity contribution in [2.75, 3.05) is 13.2 Å². The van der Waals surface area contributed by atoms with Gasteiger partial charge in [0.05, 0.1) is 35.3 Å². The summed E-state index contributed by atoms with van der Waals surface area (Å²) >= 11 is 6.28. The molecule has 0 bridgehead atoms. The van der Waals surface area contributed by atoms with Crippen molar-refractivity contribution in [3.63, 3.8) is 0 Å². The van der Waals surface area contributed by atoms with Crippen LogP contribution in [0.4, 0.5) is 5.69 Å². The van der Waals surface area contributed by atoms with E-state index in [4.69, 9.17) is 26.8 Å². The van der Waals surface area contributed by atoms with E-state index in [1.54, 1.807) is 13.8 Å². The lowest BCUT2D eigenvalue weighted by Gasteiger charge is -2.29. The van der Waals surface area contributed by atoms with Crippen LogP contribution in [0.2, 0.25) is 5.02 Å². The second-order valence-corrected chi connectivity index (χ2v) is 6.66. The number of halogens is 1. The summed E-state index contributed by atoms with van der Waals surface area (Å²) in [5, 5.41) is 31.1. The highest BCUT2D eigenvalue weighted by Crippen LogP contribution is 2.79. The van der Waals surface area contributed by atoms with Crippen molar-refractivity contribution in [2.24, 2.45) is 16.6 Å². The highest BCUT2D eigenvalue weighted by atomic mass is 35.5. The van der Waals surface area contributed by atoms with E-state index >= 15 is 0 Å². The second kappa shape index (κ2) is 6.17. The molecule has 1 fully saturated rings. The van der Waals surface area contributed by atoms with Gasteiger partial charge in [-0.25, -0.2) is 4.99 Å². The number of nitrogens with zero attached hydrogens (tertiary/aromatic N) is 3. The molecular formula is C17H17ClN5O4+. The zero-order chi connectivity index (χ0) is 20.0. The molecule has 27 heavy (non-hydrogen) atoms. The fourth-order valence-electron chi connectivity index (χ4n) is 4.18. The Labute approximate surface area is 160 Å². The lowest BCUT2D eigenvalue weighted by atomic mass is 9.93. The first-order valence-corrected chi connectivity index (χ1v) is 8.65. The Morgan fingerprint density at radius 3 is 2.41 bits per heavy atom. The smallest absolute Gasteiger partial charge is 0.314 e. The van der Waals surface area contributed by atoms with E-state index in [-0.39, 0.29) is 29.8 Å². The van der Waals surface area contributed by atoms with Gasteiger partial charge < -0.3 is 9.47 Å². The van der Waals surface area contributed by atoms with Gasteiger partial charge in [0.2, 0.25) is 0 Å². The van der Waals surface area contributed by atoms with Gasteiger partial charge in [0.25, 0.3) is 11.5 Å². The maximum absolute atomic E-state index is 11.0. The molecule has 0 amide bonds. The van der Waals surface area contributed by atoms with Crippen molar-refractivity contribution in [1.82, 2.24) is 0 Å². The first kappa shape index (κ1) is 19.1. The molecule has 1 heterocycles. The lowest BCUT2D eigenvalue weighted by molar-refractivity contribution is -0.693. The molecule has 0 unspecified atom stereocenters. The third kappa shape index (κ3) is 2.07. The highest BCUT2D eigenvalue weighted by molar-refractivity contribution is 6.31. The minimum absolute atomic E-state index is 0.0490. The van der Waals surface area contributed by atoms with E-state index in [1.807, 2.05) is 0 Å². The number of nitrogens with two attached hydrogens (primary N) is 1. The summed E-state index contributed by atoms with van der Waals surface area (Å²) in [6.45, 7) is 3.86. The first-order valence-electron chi connectivity index (χ1n) is 8.27. The number of rotatable bonds is 6. The molecule has 0 aromatic heterocycles. The van der Waals surface area contributed by atoms with Crippen LogP contribution in [0, 0.1) is 43.6 Å². The third-order valence-electron chi connectivity index (χ3n) is 5.20. The average Bonchev–Trinajstić information content (AvgIpc) is 3.20. The second-order valence-electron chi connectivity index (χ2n) is 6.26. The predicted molar refractivity (Wildman–Crippen MR) is 93.1 cm³/mol. The number of amidine groups is 1. The molecule has 3 rings (SSSR count). The first-order chi connectivity index (χ1) is 12.8. The van der Waals surface area contributed by atoms with Crippen molar-refractivity contribution in [1.29, 1.82) is 10.5 Å². The number of fused-ring (bicyclic) bond motifs is 1. The minimum Gasteiger partial charge on any atom is -0.314 e. The van der Waals surface area contributed by atoms with Crippen LogP contribution in [-0.4, -0.2) is 29.9 Å². The van der Waals surface area contributed by atoms with Crippen LogP contribution in [-0.2, 0) is 9.47 Å². The van der Waals surface area contributed by atoms with Crippen LogP contribution in [0.5, 0.6) is 0 Å². The van der Waals surface area contributed by atoms with Crippen LogP contribution < -0.4 is 10.7 Å². The van der Waals surface area contributed by atoms with Gasteiger partial charge in [-0.15, -0.1) is 0 Å². The van der Waals surface area contributed by atoms with E-state index in [9.17, 15) is 20.6 Å². The van der Waals surface area contributed by atoms with Crippen LogP contribution in [0.25, 0.3) is 0 Å². The fraction of sp³-hybridized carbons (Fsp3) is 0.471. The monoisotopic (exact) mass is 390 g/mol. The number of nitro benzene ring substituents is 1. The molecule has 3 atom stereocenters. The summed E-state index contributed by atoms with van der Waals surface area (Å²) in [6.07, 6.45) is 0. The molecule has 0 spiro atoms. The van der Waals surface area contributed by atoms with E-state index in [0.29, 0.717) is 5.56 Å². The lowest BCUT2D eigenvalue weighted by Crippen LogP contribution is -2.91. The molecule has 140 valence electrons. The van der Waals surface area contributed by atoms with Crippen LogP contribution in [0.1, 0.15) is 25.3 Å². The minimum atomic E-state index is -1.62. The molecule has 0 saturated heterocycles. The topological polar surface area (TPSA) is 149 Å². The molecule has 1 aliphatic heterocycles. The Morgan fingerprint density at radius 2 is 1.96 bits per heavy atom. The summed E-state index contributed by atoms with van der Waals surface area (Å²) in [6, 6.07) is 8.23. The Balaban J connectivity index is 2.22. The maximum Gasteiger partial charge on any atom is 0.343 e. The van der Waals surface area contributed by atoms with Gasteiger partial charge in [0.15, 0.2) is 10.8 Å². The molecule has 1 aromatic rings. The Morgan fingerprint density at radius 1 is 1.33 bits per heavy atom. The van der Waals surface area contributed by atoms with Gasteiger partial charge in [0.1, 0.15) is 0 Å². The van der Waals surface area contributed by atoms with E-state index < -0.39 is 27.6 Å². The zero-order valence-corrected chi connectivity index (χ0v) is 15.4. The molecule has 3 N–H and O–H groups in total. The third-order valence-corrected chi connectivity index (χ3v) is 5.53. The van der Waals surface area contributed by atoms with E-state index in [1.165, 1.54) is 18.2 Å². The average molecular weight is 391 g/mol. The maximum atomic E-state index is 11.0. The van der Waals surface area contributed by atoms with Crippen molar-refractivity contribution in [3.05, 3.63) is 38.9 Å². The number of hydrogen-bond acceptors (Lipinski definition) is 7. The number of hydrogen-bond donors (Lipinski definition) is 2. The number of benzene rings is 1. The number of non-ortho nitro benzene ring substituents is 1. The van der Waals surface area contributed by atoms with Gasteiger partial charge >= 0.3 is 5.91 Å². The molecule has 9 nitrogen and oxygen atoms in total. The molecule has 1 aliphatic carbocycles. The molecule has 2 aliphatic rings. The van der Waals surface area contributed by atoms with Gasteiger partial charge in [-0.05, 0) is 19.4 Å². The molecular weight excluding hydrogens is 374 g/mol. The van der Waals surface area contributed by atoms with Crippen LogP contribution >= 0.6 is 11.6 Å². The fourth-order valence-corrected chi connectivity index (χ4v) is 4.47. The molecule has 0 radical (unpaired) electrons. The zero-order valence-electron chi connectivity index (χ0n) is 14.7. The van der Waals surface area contributed by atoms with E-state index in [2.05, 4.69) is 17.1 Å². The SMILES string of the molecule is CCOC1(OCC)[NH+]=C(N)[C@@]2(C#N)[C@@H](c3ccc([N+](=O)[O-])cc3Cl)[C@@]12C#N. The summed E-state index contributed by atoms with van der Waals surface area (Å²) in [5.41, 5.74) is 3.41. The van der Waals surface area contributed by atoms with Crippen molar-refractivity contribution < 1.29 is 19.4 Å². The standard InChI is InChI=1S/C17H16ClN5O4/c1-3-26-17(27-4-2)16(9-20)13(15(16,8-19)14(21)22-17)11-6-5-10(23(24)25)7-12(11)18/h5-7,13H,3-4H2,1-2H3,(H2,21,22)/p+1/t13-,15-,16-/m1/s1. The predicted octanol–water partition coefficient (Wildman–Crippen LogP) is 0.544. The number of nitriles is 2. The summed E-state index contributed by atoms with van der Waals surface area (Å²) < 4.78 is 11.5. The van der Waals surface area contributed by atoms with Crippen LogP contribution in [0.15, 0.2) is 18.2 Å². The quantitative estimate of drug-likeness (QED) is 0.409. The summed E-state index contributed by atoms with van der Waals surface area (Å²) in [4.78, 5) is 13.3. The number of ether oxygens (including phenoxy) is 2. The largest absolute Gasteiger partial charge is 0.343 e. The Bertz CT molecular complexity index is 930. The van der Waals surface area contributed by atoms with Crippen LogP contribution in [0.3, 0.4) is 0 Å². The van der Waals surface area contributed by atoms with Crippen molar-refractivity contribution in [2.45, 2.75) is 25.7 Å². The van der Waals surface area contributed by atoms with E-state index in [0.717, 1.165) is 0 Å². The Hall–Kier alpha value is -2.72. The van der Waals surface area contributed by atoms with Crippen molar-refractivity contribution in [3.8, 4) is 12.1 Å². The highest BCUT2D eigenvalue weighted by Gasteiger charge is 2.97. The number of nitro groups is 1. The molecule has 1 aromatic carbocycles. The van der Waals surface area contributed by atoms with Crippen molar-refractivity contribution >= 4 is 23.1 Å². The van der Waals surface area contributed by atoms with Gasteiger partial charge in [0, 0.05) is 18.1 Å². The summed E-state index contributed by atoms with van der Waals surface area (Å²) in [5.74, 6) is -2.35. The number of nitrogens with one attached hydrogen (secondary N) is 1. The van der Waals surface area contributed by atoms with Gasteiger partial charge in [-0.1, -0.05) is 17.7 Å².